The van der Waals surface area contributed by atoms with E-state index in [1.165, 1.54) is 18.1 Å². The zero-order chi connectivity index (χ0) is 14.9. The van der Waals surface area contributed by atoms with Gasteiger partial charge in [0, 0.05) is 11.0 Å². The van der Waals surface area contributed by atoms with Crippen LogP contribution in [0.15, 0.2) is 22.3 Å². The number of hydrogen-bond donors (Lipinski definition) is 2. The third kappa shape index (κ3) is 2.64. The van der Waals surface area contributed by atoms with Crippen LogP contribution in [-0.2, 0) is 4.79 Å². The molecule has 0 atom stereocenters. The fraction of sp³-hybridized carbons (Fsp3) is 0.231. The molecule has 20 heavy (non-hydrogen) atoms. The molecule has 0 unspecified atom stereocenters. The number of phenols is 1. The van der Waals surface area contributed by atoms with Gasteiger partial charge in [-0.2, -0.15) is 0 Å². The summed E-state index contributed by atoms with van der Waals surface area (Å²) in [5.74, 6) is 0.190. The number of hydrogen-bond acceptors (Lipinski definition) is 4. The minimum Gasteiger partial charge on any atom is -0.504 e. The van der Waals surface area contributed by atoms with Crippen molar-refractivity contribution in [3.05, 3.63) is 27.9 Å². The van der Waals surface area contributed by atoms with Gasteiger partial charge in [0.15, 0.2) is 16.6 Å². The molecule has 0 bridgehead atoms. The number of amides is 1. The predicted octanol–water partition coefficient (Wildman–Crippen LogP) is 2.24. The fourth-order valence-electron chi connectivity index (χ4n) is 1.85. The van der Waals surface area contributed by atoms with Crippen molar-refractivity contribution < 1.29 is 14.6 Å². The van der Waals surface area contributed by atoms with Crippen LogP contribution in [0.4, 0.5) is 0 Å². The molecule has 7 heteroatoms. The highest BCUT2D eigenvalue weighted by atomic mass is 79.9. The van der Waals surface area contributed by atoms with E-state index in [1.54, 1.807) is 12.1 Å². The SMILES string of the molecule is CCN1C(=O)/C(=C/c2cc(OC)c(O)cc2Br)NC1=S. The third-order valence-electron chi connectivity index (χ3n) is 2.88. The standard InChI is InChI=1S/C13H13BrN2O3S/c1-3-16-12(18)9(15-13(16)20)4-7-5-11(19-2)10(17)6-8(7)14/h4-6,17H,3H2,1-2H3,(H,15,20)/b9-4-. The first-order chi connectivity index (χ1) is 9.47. The van der Waals surface area contributed by atoms with E-state index in [-0.39, 0.29) is 11.7 Å². The molecular weight excluding hydrogens is 344 g/mol. The smallest absolute Gasteiger partial charge is 0.276 e. The van der Waals surface area contributed by atoms with Gasteiger partial charge in [-0.15, -0.1) is 0 Å². The van der Waals surface area contributed by atoms with Gasteiger partial charge in [-0.1, -0.05) is 15.9 Å². The molecule has 1 heterocycles. The van der Waals surface area contributed by atoms with E-state index in [4.69, 9.17) is 17.0 Å². The van der Waals surface area contributed by atoms with Crippen LogP contribution in [0, 0.1) is 0 Å². The van der Waals surface area contributed by atoms with Crippen LogP contribution in [0.2, 0.25) is 0 Å². The molecule has 1 fully saturated rings. The summed E-state index contributed by atoms with van der Waals surface area (Å²) >= 11 is 8.43. The Balaban J connectivity index is 2.41. The number of halogens is 1. The number of rotatable bonds is 3. The first-order valence-electron chi connectivity index (χ1n) is 5.89. The third-order valence-corrected chi connectivity index (χ3v) is 3.89. The first kappa shape index (κ1) is 14.8. The largest absolute Gasteiger partial charge is 0.504 e. The van der Waals surface area contributed by atoms with E-state index in [2.05, 4.69) is 21.2 Å². The summed E-state index contributed by atoms with van der Waals surface area (Å²) in [4.78, 5) is 13.6. The van der Waals surface area contributed by atoms with Crippen molar-refractivity contribution >= 4 is 45.2 Å². The van der Waals surface area contributed by atoms with E-state index in [0.29, 0.717) is 33.1 Å². The summed E-state index contributed by atoms with van der Waals surface area (Å²) in [5, 5.41) is 12.9. The zero-order valence-corrected chi connectivity index (χ0v) is 13.3. The van der Waals surface area contributed by atoms with Crippen molar-refractivity contribution in [1.29, 1.82) is 0 Å². The minimum absolute atomic E-state index is 0.0259. The van der Waals surface area contributed by atoms with Crippen molar-refractivity contribution in [2.75, 3.05) is 13.7 Å². The molecule has 1 saturated heterocycles. The monoisotopic (exact) mass is 356 g/mol. The quantitative estimate of drug-likeness (QED) is 0.642. The van der Waals surface area contributed by atoms with Crippen LogP contribution in [0.25, 0.3) is 6.08 Å². The van der Waals surface area contributed by atoms with Gasteiger partial charge in [0.05, 0.1) is 7.11 Å². The number of methoxy groups -OCH3 is 1. The predicted molar refractivity (Wildman–Crippen MR) is 83.5 cm³/mol. The lowest BCUT2D eigenvalue weighted by Crippen LogP contribution is -2.30. The van der Waals surface area contributed by atoms with Gasteiger partial charge in [-0.25, -0.2) is 0 Å². The number of thiocarbonyl (C=S) groups is 1. The van der Waals surface area contributed by atoms with Crippen molar-refractivity contribution in [2.24, 2.45) is 0 Å². The molecule has 5 nitrogen and oxygen atoms in total. The number of ether oxygens (including phenoxy) is 1. The van der Waals surface area contributed by atoms with Crippen LogP contribution < -0.4 is 10.1 Å². The van der Waals surface area contributed by atoms with Gasteiger partial charge < -0.3 is 15.2 Å². The second-order valence-corrected chi connectivity index (χ2v) is 5.32. The summed E-state index contributed by atoms with van der Waals surface area (Å²) < 4.78 is 5.71. The van der Waals surface area contributed by atoms with Crippen molar-refractivity contribution in [3.63, 3.8) is 0 Å². The summed E-state index contributed by atoms with van der Waals surface area (Å²) in [7, 11) is 1.47. The summed E-state index contributed by atoms with van der Waals surface area (Å²) in [6, 6.07) is 3.15. The van der Waals surface area contributed by atoms with Gasteiger partial charge in [0.2, 0.25) is 0 Å². The first-order valence-corrected chi connectivity index (χ1v) is 7.09. The number of carbonyl (C=O) groups excluding carboxylic acids is 1. The van der Waals surface area contributed by atoms with Gasteiger partial charge in [-0.05, 0) is 42.9 Å². The van der Waals surface area contributed by atoms with Crippen LogP contribution in [0.5, 0.6) is 11.5 Å². The summed E-state index contributed by atoms with van der Waals surface area (Å²) in [6.45, 7) is 2.37. The van der Waals surface area contributed by atoms with E-state index >= 15 is 0 Å². The molecule has 1 aliphatic rings. The number of nitrogens with zero attached hydrogens (tertiary/aromatic N) is 1. The molecule has 1 aliphatic heterocycles. The van der Waals surface area contributed by atoms with Gasteiger partial charge in [0.25, 0.3) is 5.91 Å². The molecule has 1 aromatic carbocycles. The lowest BCUT2D eigenvalue weighted by atomic mass is 10.1. The Bertz CT molecular complexity index is 616. The highest BCUT2D eigenvalue weighted by Gasteiger charge is 2.29. The minimum atomic E-state index is -0.170. The lowest BCUT2D eigenvalue weighted by Gasteiger charge is -2.09. The van der Waals surface area contributed by atoms with E-state index in [1.807, 2.05) is 6.92 Å². The van der Waals surface area contributed by atoms with Crippen LogP contribution in [0.1, 0.15) is 12.5 Å². The number of benzene rings is 1. The molecule has 2 rings (SSSR count). The molecule has 1 amide bonds. The maximum atomic E-state index is 12.1. The number of likely N-dealkylation sites (N-methyl/N-ethyl adjacent to an activating group) is 1. The lowest BCUT2D eigenvalue weighted by molar-refractivity contribution is -0.122. The average Bonchev–Trinajstić information content (AvgIpc) is 2.67. The Morgan fingerprint density at radius 3 is 2.80 bits per heavy atom. The Labute approximate surface area is 130 Å². The second kappa shape index (κ2) is 5.80. The van der Waals surface area contributed by atoms with Gasteiger partial charge in [0.1, 0.15) is 5.70 Å². The number of nitrogens with one attached hydrogen (secondary N) is 1. The maximum Gasteiger partial charge on any atom is 0.276 e. The van der Waals surface area contributed by atoms with Crippen molar-refractivity contribution in [2.45, 2.75) is 6.92 Å². The average molecular weight is 357 g/mol. The Morgan fingerprint density at radius 2 is 2.25 bits per heavy atom. The number of carbonyl (C=O) groups is 1. The van der Waals surface area contributed by atoms with Gasteiger partial charge in [-0.3, -0.25) is 9.69 Å². The van der Waals surface area contributed by atoms with Crippen molar-refractivity contribution in [3.8, 4) is 11.5 Å². The van der Waals surface area contributed by atoms with Crippen LogP contribution >= 0.6 is 28.1 Å². The Kier molecular flexibility index (Phi) is 4.29. The molecule has 0 saturated carbocycles. The Hall–Kier alpha value is -1.60. The maximum absolute atomic E-state index is 12.1. The van der Waals surface area contributed by atoms with E-state index < -0.39 is 0 Å². The van der Waals surface area contributed by atoms with Gasteiger partial charge >= 0.3 is 0 Å². The van der Waals surface area contributed by atoms with E-state index in [9.17, 15) is 9.90 Å². The molecule has 0 aliphatic carbocycles. The second-order valence-electron chi connectivity index (χ2n) is 4.08. The fourth-order valence-corrected chi connectivity index (χ4v) is 2.61. The highest BCUT2D eigenvalue weighted by Crippen LogP contribution is 2.33. The number of phenolic OH excluding ortho intramolecular Hbond substituents is 1. The molecule has 0 aromatic heterocycles. The molecule has 1 aromatic rings. The van der Waals surface area contributed by atoms with E-state index in [0.717, 1.165) is 0 Å². The van der Waals surface area contributed by atoms with Crippen LogP contribution in [0.3, 0.4) is 0 Å². The summed E-state index contributed by atoms with van der Waals surface area (Å²) in [6.07, 6.45) is 1.66. The van der Waals surface area contributed by atoms with Crippen molar-refractivity contribution in [1.82, 2.24) is 10.2 Å². The number of aromatic hydroxyl groups is 1. The molecular formula is C13H13BrN2O3S. The normalized spacial score (nSPS) is 16.8. The topological polar surface area (TPSA) is 61.8 Å². The molecule has 106 valence electrons. The highest BCUT2D eigenvalue weighted by molar-refractivity contribution is 9.10. The molecule has 0 radical (unpaired) electrons. The summed E-state index contributed by atoms with van der Waals surface area (Å²) in [5.41, 5.74) is 1.10. The Morgan fingerprint density at radius 1 is 1.55 bits per heavy atom. The van der Waals surface area contributed by atoms with Crippen LogP contribution in [-0.4, -0.2) is 34.7 Å². The molecule has 2 N–H and O–H groups in total. The molecule has 0 spiro atoms. The zero-order valence-electron chi connectivity index (χ0n) is 10.9.